The highest BCUT2D eigenvalue weighted by molar-refractivity contribution is 7.92. The summed E-state index contributed by atoms with van der Waals surface area (Å²) in [6.07, 6.45) is 1.09. The summed E-state index contributed by atoms with van der Waals surface area (Å²) >= 11 is 6.04. The van der Waals surface area contributed by atoms with Crippen molar-refractivity contribution in [3.63, 3.8) is 0 Å². The van der Waals surface area contributed by atoms with Gasteiger partial charge in [0.15, 0.2) is 11.5 Å². The molecule has 38 heavy (non-hydrogen) atoms. The fourth-order valence-electron chi connectivity index (χ4n) is 4.05. The van der Waals surface area contributed by atoms with E-state index in [9.17, 15) is 18.0 Å². The molecule has 0 aliphatic carbocycles. The number of rotatable bonds is 12. The number of amides is 2. The zero-order chi connectivity index (χ0) is 27.9. The van der Waals surface area contributed by atoms with Gasteiger partial charge in [-0.25, -0.2) is 8.42 Å². The number of hydrogen-bond donors (Lipinski definition) is 1. The number of carbonyl (C=O) groups is 2. The van der Waals surface area contributed by atoms with Crippen LogP contribution in [0.25, 0.3) is 0 Å². The van der Waals surface area contributed by atoms with Crippen molar-refractivity contribution in [2.45, 2.75) is 59.2 Å². The SMILES string of the molecule is CC[C@@H](C)NC(=O)[C@@H](CC)N(Cc1ccc(Cl)cc1)C(=O)CN(c1ccc2c(c1)OCCO2)S(=O)(=O)CC. The number of sulfonamides is 1. The van der Waals surface area contributed by atoms with E-state index in [4.69, 9.17) is 21.1 Å². The Labute approximate surface area is 230 Å². The van der Waals surface area contributed by atoms with Gasteiger partial charge in [-0.3, -0.25) is 13.9 Å². The van der Waals surface area contributed by atoms with Crippen LogP contribution in [0.5, 0.6) is 11.5 Å². The molecule has 1 N–H and O–H groups in total. The van der Waals surface area contributed by atoms with Crippen LogP contribution in [0.3, 0.4) is 0 Å². The van der Waals surface area contributed by atoms with E-state index in [0.29, 0.717) is 36.2 Å². The van der Waals surface area contributed by atoms with Crippen molar-refractivity contribution in [1.29, 1.82) is 0 Å². The van der Waals surface area contributed by atoms with Crippen LogP contribution in [0.4, 0.5) is 5.69 Å². The first kappa shape index (κ1) is 29.6. The number of nitrogens with zero attached hydrogens (tertiary/aromatic N) is 2. The molecule has 9 nitrogen and oxygen atoms in total. The third kappa shape index (κ3) is 7.32. The molecule has 0 radical (unpaired) electrons. The second-order valence-corrected chi connectivity index (χ2v) is 11.7. The zero-order valence-corrected chi connectivity index (χ0v) is 23.8. The van der Waals surface area contributed by atoms with Crippen molar-refractivity contribution in [3.8, 4) is 11.5 Å². The Bertz CT molecular complexity index is 1220. The largest absolute Gasteiger partial charge is 0.486 e. The van der Waals surface area contributed by atoms with Gasteiger partial charge >= 0.3 is 0 Å². The van der Waals surface area contributed by atoms with Crippen LogP contribution >= 0.6 is 11.6 Å². The van der Waals surface area contributed by atoms with Gasteiger partial charge in [-0.15, -0.1) is 0 Å². The molecule has 0 saturated heterocycles. The molecule has 3 rings (SSSR count). The highest BCUT2D eigenvalue weighted by Crippen LogP contribution is 2.35. The minimum atomic E-state index is -3.85. The first-order valence-electron chi connectivity index (χ1n) is 12.8. The molecule has 0 aromatic heterocycles. The molecule has 1 aliphatic heterocycles. The maximum absolute atomic E-state index is 13.9. The number of ether oxygens (including phenoxy) is 2. The Morgan fingerprint density at radius 3 is 2.26 bits per heavy atom. The van der Waals surface area contributed by atoms with Gasteiger partial charge < -0.3 is 19.7 Å². The lowest BCUT2D eigenvalue weighted by Gasteiger charge is -2.34. The molecule has 1 heterocycles. The van der Waals surface area contributed by atoms with E-state index >= 15 is 0 Å². The lowest BCUT2D eigenvalue weighted by Crippen LogP contribution is -2.53. The van der Waals surface area contributed by atoms with Gasteiger partial charge in [0.05, 0.1) is 11.4 Å². The summed E-state index contributed by atoms with van der Waals surface area (Å²) in [5.74, 6) is -0.0731. The molecule has 0 fully saturated rings. The van der Waals surface area contributed by atoms with Crippen molar-refractivity contribution in [3.05, 3.63) is 53.1 Å². The average Bonchev–Trinajstić information content (AvgIpc) is 2.92. The number of carbonyl (C=O) groups excluding carboxylic acids is 2. The van der Waals surface area contributed by atoms with Gasteiger partial charge in [0.2, 0.25) is 21.8 Å². The first-order valence-corrected chi connectivity index (χ1v) is 14.8. The third-order valence-electron chi connectivity index (χ3n) is 6.45. The van der Waals surface area contributed by atoms with Crippen LogP contribution < -0.4 is 19.1 Å². The van der Waals surface area contributed by atoms with Gasteiger partial charge in [0.1, 0.15) is 25.8 Å². The molecular formula is C27H36ClN3O6S. The van der Waals surface area contributed by atoms with Crippen LogP contribution in [0.2, 0.25) is 5.02 Å². The molecule has 0 bridgehead atoms. The Kier molecular flexibility index (Phi) is 10.3. The molecule has 0 unspecified atom stereocenters. The smallest absolute Gasteiger partial charge is 0.244 e. The monoisotopic (exact) mass is 565 g/mol. The predicted octanol–water partition coefficient (Wildman–Crippen LogP) is 3.99. The van der Waals surface area contributed by atoms with Crippen LogP contribution in [-0.4, -0.2) is 62.7 Å². The summed E-state index contributed by atoms with van der Waals surface area (Å²) in [6.45, 7) is 7.58. The van der Waals surface area contributed by atoms with Crippen molar-refractivity contribution in [2.24, 2.45) is 0 Å². The molecule has 0 spiro atoms. The second-order valence-electron chi connectivity index (χ2n) is 9.13. The fraction of sp³-hybridized carbons (Fsp3) is 0.481. The number of benzene rings is 2. The third-order valence-corrected chi connectivity index (χ3v) is 8.44. The molecule has 1 aliphatic rings. The lowest BCUT2D eigenvalue weighted by molar-refractivity contribution is -0.140. The maximum Gasteiger partial charge on any atom is 0.244 e. The highest BCUT2D eigenvalue weighted by atomic mass is 35.5. The van der Waals surface area contributed by atoms with Gasteiger partial charge in [0.25, 0.3) is 0 Å². The summed E-state index contributed by atoms with van der Waals surface area (Å²) in [5.41, 5.74) is 1.05. The summed E-state index contributed by atoms with van der Waals surface area (Å²) in [6, 6.07) is 10.9. The van der Waals surface area contributed by atoms with Gasteiger partial charge in [-0.05, 0) is 56.5 Å². The molecule has 11 heteroatoms. The van der Waals surface area contributed by atoms with Crippen LogP contribution in [0, 0.1) is 0 Å². The normalized spacial score (nSPS) is 14.3. The molecule has 2 amide bonds. The van der Waals surface area contributed by atoms with E-state index in [1.165, 1.54) is 11.8 Å². The Morgan fingerprint density at radius 2 is 1.66 bits per heavy atom. The zero-order valence-electron chi connectivity index (χ0n) is 22.3. The average molecular weight is 566 g/mol. The minimum absolute atomic E-state index is 0.0706. The first-order chi connectivity index (χ1) is 18.1. The Hall–Kier alpha value is -2.98. The van der Waals surface area contributed by atoms with E-state index in [1.807, 2.05) is 20.8 Å². The molecule has 0 saturated carbocycles. The van der Waals surface area contributed by atoms with E-state index in [1.54, 1.807) is 42.5 Å². The van der Waals surface area contributed by atoms with Crippen LogP contribution in [0.15, 0.2) is 42.5 Å². The van der Waals surface area contributed by atoms with E-state index < -0.39 is 28.5 Å². The number of hydrogen-bond acceptors (Lipinski definition) is 6. The maximum atomic E-state index is 13.9. The van der Waals surface area contributed by atoms with Gasteiger partial charge in [-0.1, -0.05) is 37.6 Å². The quantitative estimate of drug-likeness (QED) is 0.417. The van der Waals surface area contributed by atoms with E-state index in [-0.39, 0.29) is 29.9 Å². The van der Waals surface area contributed by atoms with Crippen molar-refractivity contribution in [2.75, 3.05) is 29.8 Å². The number of fused-ring (bicyclic) bond motifs is 1. The standard InChI is InChI=1S/C27H36ClN3O6S/c1-5-19(4)29-27(33)23(6-2)30(17-20-8-10-21(28)11-9-20)26(32)18-31(38(34,35)7-3)22-12-13-24-25(16-22)37-15-14-36-24/h8-13,16,19,23H,5-7,14-15,17-18H2,1-4H3,(H,29,33)/t19-,23-/m1/s1. The van der Waals surface area contributed by atoms with E-state index in [0.717, 1.165) is 16.3 Å². The summed E-state index contributed by atoms with van der Waals surface area (Å²) < 4.78 is 38.6. The molecular weight excluding hydrogens is 530 g/mol. The highest BCUT2D eigenvalue weighted by Gasteiger charge is 2.33. The van der Waals surface area contributed by atoms with Crippen LogP contribution in [0.1, 0.15) is 46.1 Å². The summed E-state index contributed by atoms with van der Waals surface area (Å²) in [7, 11) is -3.85. The van der Waals surface area contributed by atoms with Crippen LogP contribution in [-0.2, 0) is 26.2 Å². The Morgan fingerprint density at radius 1 is 1.00 bits per heavy atom. The van der Waals surface area contributed by atoms with Gasteiger partial charge in [-0.2, -0.15) is 0 Å². The summed E-state index contributed by atoms with van der Waals surface area (Å²) in [5, 5.41) is 3.50. The molecule has 2 aromatic carbocycles. The molecule has 2 atom stereocenters. The lowest BCUT2D eigenvalue weighted by atomic mass is 10.1. The Balaban J connectivity index is 1.97. The minimum Gasteiger partial charge on any atom is -0.486 e. The summed E-state index contributed by atoms with van der Waals surface area (Å²) in [4.78, 5) is 28.5. The number of anilines is 1. The topological polar surface area (TPSA) is 105 Å². The number of nitrogens with one attached hydrogen (secondary N) is 1. The van der Waals surface area contributed by atoms with Crippen molar-refractivity contribution >= 4 is 39.1 Å². The second kappa shape index (κ2) is 13.2. The van der Waals surface area contributed by atoms with Gasteiger partial charge in [0, 0.05) is 23.7 Å². The fourth-order valence-corrected chi connectivity index (χ4v) is 5.23. The molecule has 208 valence electrons. The predicted molar refractivity (Wildman–Crippen MR) is 148 cm³/mol. The van der Waals surface area contributed by atoms with E-state index in [2.05, 4.69) is 5.32 Å². The number of halogens is 1. The van der Waals surface area contributed by atoms with Crippen molar-refractivity contribution in [1.82, 2.24) is 10.2 Å². The molecule has 2 aromatic rings. The van der Waals surface area contributed by atoms with Crippen molar-refractivity contribution < 1.29 is 27.5 Å².